The Labute approximate surface area is 145 Å². The zero-order chi connectivity index (χ0) is 16.1. The summed E-state index contributed by atoms with van der Waals surface area (Å²) in [7, 11) is 0. The molecule has 2 amide bonds. The molecule has 0 radical (unpaired) electrons. The fraction of sp³-hybridized carbons (Fsp3) is 0.200. The number of hydrogen-bond donors (Lipinski definition) is 2. The van der Waals surface area contributed by atoms with Crippen molar-refractivity contribution in [3.05, 3.63) is 50.6 Å². The summed E-state index contributed by atoms with van der Waals surface area (Å²) in [4.78, 5) is 25.4. The van der Waals surface area contributed by atoms with Gasteiger partial charge >= 0.3 is 0 Å². The third-order valence-electron chi connectivity index (χ3n) is 2.57. The maximum absolute atomic E-state index is 12.0. The second-order valence-corrected chi connectivity index (χ2v) is 8.82. The molecular weight excluding hydrogens is 384 g/mol. The molecule has 0 aliphatic rings. The zero-order valence-electron chi connectivity index (χ0n) is 12.1. The molecule has 0 spiro atoms. The van der Waals surface area contributed by atoms with E-state index in [4.69, 9.17) is 0 Å². The quantitative estimate of drug-likeness (QED) is 0.602. The Morgan fingerprint density at radius 1 is 1.05 bits per heavy atom. The van der Waals surface area contributed by atoms with Gasteiger partial charge in [0.05, 0.1) is 8.66 Å². The van der Waals surface area contributed by atoms with Gasteiger partial charge in [0.1, 0.15) is 0 Å². The fourth-order valence-corrected chi connectivity index (χ4v) is 3.76. The van der Waals surface area contributed by atoms with Crippen molar-refractivity contribution in [3.63, 3.8) is 0 Å². The first-order valence-corrected chi connectivity index (χ1v) is 9.07. The molecule has 1 aromatic heterocycles. The van der Waals surface area contributed by atoms with Crippen molar-refractivity contribution in [2.24, 2.45) is 0 Å². The molecule has 2 rings (SSSR count). The van der Waals surface area contributed by atoms with Crippen LogP contribution in [0.4, 0.5) is 0 Å². The minimum atomic E-state index is -0.343. The van der Waals surface area contributed by atoms with E-state index in [1.54, 1.807) is 36.0 Å². The van der Waals surface area contributed by atoms with Crippen LogP contribution in [0.5, 0.6) is 0 Å². The van der Waals surface area contributed by atoms with Gasteiger partial charge in [0.2, 0.25) is 0 Å². The van der Waals surface area contributed by atoms with Crippen LogP contribution in [0.3, 0.4) is 0 Å². The lowest BCUT2D eigenvalue weighted by molar-refractivity contribution is 0.0849. The van der Waals surface area contributed by atoms with Crippen LogP contribution >= 0.6 is 39.0 Å². The predicted molar refractivity (Wildman–Crippen MR) is 94.4 cm³/mol. The van der Waals surface area contributed by atoms with Gasteiger partial charge in [-0.1, -0.05) is 13.8 Å². The molecule has 0 saturated heterocycles. The van der Waals surface area contributed by atoms with Crippen molar-refractivity contribution in [2.45, 2.75) is 24.0 Å². The lowest BCUT2D eigenvalue weighted by Crippen LogP contribution is -2.41. The van der Waals surface area contributed by atoms with E-state index >= 15 is 0 Å². The normalized spacial score (nSPS) is 10.5. The van der Waals surface area contributed by atoms with Crippen LogP contribution in [0.15, 0.2) is 45.1 Å². The van der Waals surface area contributed by atoms with Crippen LogP contribution < -0.4 is 10.9 Å². The minimum Gasteiger partial charge on any atom is -0.267 e. The number of thioether (sulfide) groups is 1. The predicted octanol–water partition coefficient (Wildman–Crippen LogP) is 4.09. The van der Waals surface area contributed by atoms with Crippen LogP contribution in [0, 0.1) is 0 Å². The third-order valence-corrected chi connectivity index (χ3v) is 5.21. The monoisotopic (exact) mass is 398 g/mol. The Hall–Kier alpha value is -1.31. The first kappa shape index (κ1) is 17.1. The molecular formula is C15H15BrN2O2S2. The number of carbonyl (C=O) groups excluding carboxylic acids is 2. The van der Waals surface area contributed by atoms with E-state index in [-0.39, 0.29) is 11.8 Å². The Morgan fingerprint density at radius 3 is 2.23 bits per heavy atom. The highest BCUT2D eigenvalue weighted by Crippen LogP contribution is 2.23. The summed E-state index contributed by atoms with van der Waals surface area (Å²) in [5, 5.41) is 0.490. The summed E-state index contributed by atoms with van der Waals surface area (Å²) < 4.78 is 0.863. The Kier molecular flexibility index (Phi) is 6.05. The van der Waals surface area contributed by atoms with Crippen LogP contribution in [0.25, 0.3) is 0 Å². The van der Waals surface area contributed by atoms with Crippen LogP contribution in [-0.4, -0.2) is 17.1 Å². The molecule has 0 atom stereocenters. The van der Waals surface area contributed by atoms with Gasteiger partial charge < -0.3 is 0 Å². The van der Waals surface area contributed by atoms with Crippen molar-refractivity contribution in [2.75, 3.05) is 0 Å². The number of hydrogen-bond acceptors (Lipinski definition) is 4. The number of amides is 2. The molecule has 22 heavy (non-hydrogen) atoms. The third kappa shape index (κ3) is 4.86. The first-order valence-electron chi connectivity index (χ1n) is 6.58. The number of hydrazine groups is 1. The summed E-state index contributed by atoms with van der Waals surface area (Å²) in [5.41, 5.74) is 5.32. The number of nitrogens with one attached hydrogen (secondary N) is 2. The average Bonchev–Trinajstić information content (AvgIpc) is 2.91. The molecule has 2 N–H and O–H groups in total. The van der Waals surface area contributed by atoms with Crippen LogP contribution in [-0.2, 0) is 0 Å². The summed E-state index contributed by atoms with van der Waals surface area (Å²) >= 11 is 6.32. The van der Waals surface area contributed by atoms with Crippen molar-refractivity contribution in [3.8, 4) is 0 Å². The SMILES string of the molecule is CC(C)Sc1ccc(C(=O)NNC(=O)c2ccc(Br)s2)cc1. The van der Waals surface area contributed by atoms with E-state index in [0.717, 1.165) is 8.68 Å². The van der Waals surface area contributed by atoms with E-state index < -0.39 is 0 Å². The standard InChI is InChI=1S/C15H15BrN2O2S2/c1-9(2)21-11-5-3-10(4-6-11)14(19)17-18-15(20)12-7-8-13(16)22-12/h3-9H,1-2H3,(H,17,19)(H,18,20). The highest BCUT2D eigenvalue weighted by Gasteiger charge is 2.11. The molecule has 0 aliphatic carbocycles. The molecule has 0 aliphatic heterocycles. The van der Waals surface area contributed by atoms with Gasteiger partial charge in [-0.05, 0) is 52.3 Å². The van der Waals surface area contributed by atoms with E-state index in [2.05, 4.69) is 40.6 Å². The number of halogens is 1. The molecule has 116 valence electrons. The Bertz CT molecular complexity index is 668. The Morgan fingerprint density at radius 2 is 1.68 bits per heavy atom. The fourth-order valence-electron chi connectivity index (χ4n) is 1.64. The van der Waals surface area contributed by atoms with Crippen LogP contribution in [0.2, 0.25) is 0 Å². The van der Waals surface area contributed by atoms with Crippen molar-refractivity contribution in [1.29, 1.82) is 0 Å². The van der Waals surface area contributed by atoms with Gasteiger partial charge in [0, 0.05) is 15.7 Å². The zero-order valence-corrected chi connectivity index (χ0v) is 15.3. The number of benzene rings is 1. The number of rotatable bonds is 4. The second kappa shape index (κ2) is 7.80. The molecule has 7 heteroatoms. The smallest absolute Gasteiger partial charge is 0.267 e. The molecule has 0 bridgehead atoms. The molecule has 0 saturated carbocycles. The van der Waals surface area contributed by atoms with E-state index in [1.807, 2.05) is 12.1 Å². The van der Waals surface area contributed by atoms with Crippen molar-refractivity contribution >= 4 is 50.8 Å². The molecule has 2 aromatic rings. The molecule has 0 fully saturated rings. The van der Waals surface area contributed by atoms with Gasteiger partial charge in [-0.25, -0.2) is 0 Å². The van der Waals surface area contributed by atoms with Gasteiger partial charge in [-0.3, -0.25) is 20.4 Å². The van der Waals surface area contributed by atoms with Gasteiger partial charge in [0.25, 0.3) is 11.8 Å². The van der Waals surface area contributed by atoms with Gasteiger partial charge in [0.15, 0.2) is 0 Å². The maximum Gasteiger partial charge on any atom is 0.279 e. The van der Waals surface area contributed by atoms with E-state index in [9.17, 15) is 9.59 Å². The molecule has 1 aromatic carbocycles. The topological polar surface area (TPSA) is 58.2 Å². The second-order valence-electron chi connectivity index (χ2n) is 4.70. The molecule has 1 heterocycles. The molecule has 0 unspecified atom stereocenters. The van der Waals surface area contributed by atoms with E-state index in [1.165, 1.54) is 11.3 Å². The maximum atomic E-state index is 12.0. The van der Waals surface area contributed by atoms with Crippen molar-refractivity contribution < 1.29 is 9.59 Å². The van der Waals surface area contributed by atoms with Gasteiger partial charge in [-0.2, -0.15) is 0 Å². The highest BCUT2D eigenvalue weighted by molar-refractivity contribution is 9.11. The summed E-state index contributed by atoms with van der Waals surface area (Å²) in [6, 6.07) is 10.8. The number of carbonyl (C=O) groups is 2. The largest absolute Gasteiger partial charge is 0.279 e. The number of thiophene rings is 1. The average molecular weight is 399 g/mol. The van der Waals surface area contributed by atoms with Gasteiger partial charge in [-0.15, -0.1) is 23.1 Å². The highest BCUT2D eigenvalue weighted by atomic mass is 79.9. The van der Waals surface area contributed by atoms with Crippen LogP contribution in [0.1, 0.15) is 33.9 Å². The first-order chi connectivity index (χ1) is 10.5. The lowest BCUT2D eigenvalue weighted by Gasteiger charge is -2.08. The minimum absolute atomic E-state index is 0.337. The lowest BCUT2D eigenvalue weighted by atomic mass is 10.2. The summed E-state index contributed by atoms with van der Waals surface area (Å²) in [6.45, 7) is 4.23. The van der Waals surface area contributed by atoms with Crippen molar-refractivity contribution in [1.82, 2.24) is 10.9 Å². The molecule has 4 nitrogen and oxygen atoms in total. The van der Waals surface area contributed by atoms with E-state index in [0.29, 0.717) is 15.7 Å². The summed E-state index contributed by atoms with van der Waals surface area (Å²) in [5.74, 6) is -0.680. The Balaban J connectivity index is 1.90. The summed E-state index contributed by atoms with van der Waals surface area (Å²) in [6.07, 6.45) is 0.